The number of nitrogens with one attached hydrogen (secondary N) is 1. The van der Waals surface area contributed by atoms with Crippen LogP contribution in [0.1, 0.15) is 28.8 Å². The number of ether oxygens (including phenoxy) is 1. The van der Waals surface area contributed by atoms with E-state index in [0.29, 0.717) is 5.75 Å². The molecule has 0 aromatic carbocycles. The van der Waals surface area contributed by atoms with Crippen molar-refractivity contribution in [3.63, 3.8) is 0 Å². The summed E-state index contributed by atoms with van der Waals surface area (Å²) < 4.78 is 10.1. The number of aryl methyl sites for hydroxylation is 1. The van der Waals surface area contributed by atoms with E-state index in [-0.39, 0.29) is 5.76 Å². The van der Waals surface area contributed by atoms with Crippen molar-refractivity contribution in [2.24, 2.45) is 0 Å². The minimum Gasteiger partial charge on any atom is -0.463 e. The van der Waals surface area contributed by atoms with Crippen molar-refractivity contribution >= 4 is 17.7 Å². The second-order valence-corrected chi connectivity index (χ2v) is 4.50. The van der Waals surface area contributed by atoms with Crippen LogP contribution in [0.15, 0.2) is 21.7 Å². The van der Waals surface area contributed by atoms with Crippen molar-refractivity contribution in [2.45, 2.75) is 24.1 Å². The normalized spacial score (nSPS) is 10.6. The lowest BCUT2D eigenvalue weighted by atomic mass is 10.2. The fourth-order valence-corrected chi connectivity index (χ4v) is 2.28. The highest BCUT2D eigenvalue weighted by atomic mass is 32.2. The molecule has 96 valence electrons. The SMILES string of the molecule is CCc1oc(C(=O)OC)cc1CSc1cn[nH]n1. The van der Waals surface area contributed by atoms with Gasteiger partial charge in [-0.05, 0) is 6.07 Å². The Morgan fingerprint density at radius 1 is 1.61 bits per heavy atom. The zero-order valence-corrected chi connectivity index (χ0v) is 10.9. The average molecular weight is 267 g/mol. The Morgan fingerprint density at radius 2 is 2.44 bits per heavy atom. The van der Waals surface area contributed by atoms with Crippen LogP contribution < -0.4 is 0 Å². The van der Waals surface area contributed by atoms with Gasteiger partial charge in [-0.25, -0.2) is 4.79 Å². The lowest BCUT2D eigenvalue weighted by molar-refractivity contribution is 0.0563. The predicted molar refractivity (Wildman–Crippen MR) is 65.4 cm³/mol. The van der Waals surface area contributed by atoms with E-state index in [4.69, 9.17) is 4.42 Å². The van der Waals surface area contributed by atoms with Crippen LogP contribution in [0.25, 0.3) is 0 Å². The number of esters is 1. The van der Waals surface area contributed by atoms with Crippen LogP contribution in [0.5, 0.6) is 0 Å². The van der Waals surface area contributed by atoms with Gasteiger partial charge in [0.1, 0.15) is 10.8 Å². The van der Waals surface area contributed by atoms with Gasteiger partial charge in [-0.1, -0.05) is 18.7 Å². The maximum absolute atomic E-state index is 11.4. The number of H-pyrrole nitrogens is 1. The Labute approximate surface area is 108 Å². The third kappa shape index (κ3) is 2.73. The van der Waals surface area contributed by atoms with Crippen LogP contribution in [-0.2, 0) is 16.9 Å². The Kier molecular flexibility index (Phi) is 4.03. The van der Waals surface area contributed by atoms with Gasteiger partial charge < -0.3 is 9.15 Å². The predicted octanol–water partition coefficient (Wildman–Crippen LogP) is 2.04. The number of aromatic nitrogens is 3. The molecule has 0 unspecified atom stereocenters. The summed E-state index contributed by atoms with van der Waals surface area (Å²) >= 11 is 1.53. The van der Waals surface area contributed by atoms with Crippen molar-refractivity contribution in [3.05, 3.63) is 29.3 Å². The Hall–Kier alpha value is -1.76. The molecular formula is C11H13N3O3S. The molecule has 0 saturated heterocycles. The molecule has 0 radical (unpaired) electrons. The van der Waals surface area contributed by atoms with E-state index in [1.165, 1.54) is 18.9 Å². The van der Waals surface area contributed by atoms with Gasteiger partial charge >= 0.3 is 5.97 Å². The first-order valence-corrected chi connectivity index (χ1v) is 6.41. The van der Waals surface area contributed by atoms with Gasteiger partial charge in [-0.15, -0.1) is 5.10 Å². The van der Waals surface area contributed by atoms with Crippen LogP contribution in [0.3, 0.4) is 0 Å². The van der Waals surface area contributed by atoms with Crippen molar-refractivity contribution in [1.82, 2.24) is 15.4 Å². The van der Waals surface area contributed by atoms with Gasteiger partial charge in [0.25, 0.3) is 0 Å². The molecule has 2 aromatic heterocycles. The molecule has 0 aliphatic carbocycles. The van der Waals surface area contributed by atoms with Crippen LogP contribution in [-0.4, -0.2) is 28.5 Å². The fraction of sp³-hybridized carbons (Fsp3) is 0.364. The van der Waals surface area contributed by atoms with E-state index in [0.717, 1.165) is 22.8 Å². The zero-order chi connectivity index (χ0) is 13.0. The Balaban J connectivity index is 2.11. The maximum atomic E-state index is 11.4. The van der Waals surface area contributed by atoms with E-state index in [2.05, 4.69) is 20.1 Å². The molecule has 2 heterocycles. The summed E-state index contributed by atoms with van der Waals surface area (Å²) in [7, 11) is 1.33. The standard InChI is InChI=1S/C11H13N3O3S/c1-3-8-7(4-9(17-8)11(15)16-2)6-18-10-5-12-14-13-10/h4-5H,3,6H2,1-2H3,(H,12,13,14). The van der Waals surface area contributed by atoms with Gasteiger partial charge in [0.05, 0.1) is 13.3 Å². The molecule has 6 nitrogen and oxygen atoms in total. The summed E-state index contributed by atoms with van der Waals surface area (Å²) in [5, 5.41) is 11.0. The number of nitrogens with zero attached hydrogens (tertiary/aromatic N) is 2. The third-order valence-electron chi connectivity index (χ3n) is 2.37. The molecule has 0 amide bonds. The number of hydrogen-bond donors (Lipinski definition) is 1. The van der Waals surface area contributed by atoms with Crippen molar-refractivity contribution in [3.8, 4) is 0 Å². The summed E-state index contributed by atoms with van der Waals surface area (Å²) in [6, 6.07) is 1.72. The summed E-state index contributed by atoms with van der Waals surface area (Å²) in [5.74, 6) is 1.26. The molecule has 0 aliphatic heterocycles. The van der Waals surface area contributed by atoms with Crippen LogP contribution in [0.2, 0.25) is 0 Å². The largest absolute Gasteiger partial charge is 0.463 e. The Morgan fingerprint density at radius 3 is 3.06 bits per heavy atom. The minimum atomic E-state index is -0.456. The summed E-state index contributed by atoms with van der Waals surface area (Å²) in [4.78, 5) is 11.4. The highest BCUT2D eigenvalue weighted by Crippen LogP contribution is 2.25. The van der Waals surface area contributed by atoms with Crippen molar-refractivity contribution in [2.75, 3.05) is 7.11 Å². The number of hydrogen-bond acceptors (Lipinski definition) is 6. The number of carbonyl (C=O) groups is 1. The first-order chi connectivity index (χ1) is 8.74. The number of methoxy groups -OCH3 is 1. The molecule has 0 fully saturated rings. The highest BCUT2D eigenvalue weighted by Gasteiger charge is 2.16. The molecule has 0 spiro atoms. The van der Waals surface area contributed by atoms with Gasteiger partial charge in [0.2, 0.25) is 5.76 Å². The molecule has 1 N–H and O–H groups in total. The molecule has 0 atom stereocenters. The molecule has 7 heteroatoms. The third-order valence-corrected chi connectivity index (χ3v) is 3.32. The number of aromatic amines is 1. The summed E-state index contributed by atoms with van der Waals surface area (Å²) in [6.45, 7) is 1.98. The zero-order valence-electron chi connectivity index (χ0n) is 10.1. The topological polar surface area (TPSA) is 81.0 Å². The molecule has 0 saturated carbocycles. The quantitative estimate of drug-likeness (QED) is 0.659. The van der Waals surface area contributed by atoms with E-state index >= 15 is 0 Å². The van der Waals surface area contributed by atoms with Gasteiger partial charge in [0.15, 0.2) is 0 Å². The summed E-state index contributed by atoms with van der Waals surface area (Å²) in [5.41, 5.74) is 0.978. The fourth-order valence-electron chi connectivity index (χ4n) is 1.50. The molecule has 2 rings (SSSR count). The van der Waals surface area contributed by atoms with Crippen molar-refractivity contribution < 1.29 is 13.9 Å². The number of furan rings is 1. The Bertz CT molecular complexity index is 522. The molecular weight excluding hydrogens is 254 g/mol. The first kappa shape index (κ1) is 12.7. The number of carbonyl (C=O) groups excluding carboxylic acids is 1. The van der Waals surface area contributed by atoms with Crippen LogP contribution in [0.4, 0.5) is 0 Å². The van der Waals surface area contributed by atoms with Crippen molar-refractivity contribution in [1.29, 1.82) is 0 Å². The first-order valence-electron chi connectivity index (χ1n) is 5.43. The van der Waals surface area contributed by atoms with Gasteiger partial charge in [0, 0.05) is 17.7 Å². The van der Waals surface area contributed by atoms with Crippen LogP contribution in [0, 0.1) is 0 Å². The van der Waals surface area contributed by atoms with E-state index in [1.807, 2.05) is 6.92 Å². The minimum absolute atomic E-state index is 0.241. The molecule has 0 bridgehead atoms. The monoisotopic (exact) mass is 267 g/mol. The lowest BCUT2D eigenvalue weighted by Gasteiger charge is -1.97. The van der Waals surface area contributed by atoms with E-state index < -0.39 is 5.97 Å². The maximum Gasteiger partial charge on any atom is 0.373 e. The number of rotatable bonds is 5. The smallest absolute Gasteiger partial charge is 0.373 e. The highest BCUT2D eigenvalue weighted by molar-refractivity contribution is 7.98. The van der Waals surface area contributed by atoms with E-state index in [9.17, 15) is 4.79 Å². The van der Waals surface area contributed by atoms with Gasteiger partial charge in [-0.3, -0.25) is 0 Å². The molecule has 2 aromatic rings. The van der Waals surface area contributed by atoms with E-state index in [1.54, 1.807) is 12.3 Å². The second kappa shape index (κ2) is 5.72. The second-order valence-electron chi connectivity index (χ2n) is 3.50. The average Bonchev–Trinajstić information content (AvgIpc) is 3.04. The summed E-state index contributed by atoms with van der Waals surface area (Å²) in [6.07, 6.45) is 2.38. The molecule has 18 heavy (non-hydrogen) atoms. The van der Waals surface area contributed by atoms with Gasteiger partial charge in [-0.2, -0.15) is 10.3 Å². The lowest BCUT2D eigenvalue weighted by Crippen LogP contribution is -1.98. The van der Waals surface area contributed by atoms with Crippen LogP contribution >= 0.6 is 11.8 Å². The number of thioether (sulfide) groups is 1. The molecule has 0 aliphatic rings.